The molecule has 0 aliphatic heterocycles. The van der Waals surface area contributed by atoms with Crippen molar-refractivity contribution in [2.75, 3.05) is 34.3 Å². The Kier molecular flexibility index (Phi) is 19.0. The van der Waals surface area contributed by atoms with Gasteiger partial charge in [0.1, 0.15) is 0 Å². The topological polar surface area (TPSA) is 9.23 Å². The van der Waals surface area contributed by atoms with E-state index in [9.17, 15) is 0 Å². The largest absolute Gasteiger partial charge is 0.427 e. The lowest BCUT2D eigenvalue weighted by atomic mass is 10.0. The van der Waals surface area contributed by atoms with Gasteiger partial charge in [-0.1, -0.05) is 84.0 Å². The molecule has 0 aromatic carbocycles. The zero-order valence-electron chi connectivity index (χ0n) is 18.3. The van der Waals surface area contributed by atoms with E-state index in [-0.39, 0.29) is 9.76 Å². The second-order valence-corrected chi connectivity index (χ2v) is 10.4. The molecule has 152 valence electrons. The molecule has 0 radical (unpaired) electrons. The summed E-state index contributed by atoms with van der Waals surface area (Å²) >= 11 is 0. The lowest BCUT2D eigenvalue weighted by Crippen LogP contribution is -2.41. The fraction of sp³-hybridized carbons (Fsp3) is 1.00. The highest BCUT2D eigenvalue weighted by molar-refractivity contribution is 6.26. The maximum atomic E-state index is 5.28. The van der Waals surface area contributed by atoms with Crippen molar-refractivity contribution >= 4 is 9.76 Å². The van der Waals surface area contributed by atoms with E-state index in [1.165, 1.54) is 120 Å². The average Bonchev–Trinajstić information content (AvgIpc) is 2.59. The molecule has 0 aliphatic rings. The van der Waals surface area contributed by atoms with Crippen LogP contribution in [0.2, 0.25) is 6.04 Å². The lowest BCUT2D eigenvalue weighted by Gasteiger charge is -2.29. The summed E-state index contributed by atoms with van der Waals surface area (Å²) in [5, 5.41) is 0. The van der Waals surface area contributed by atoms with Gasteiger partial charge in [0.15, 0.2) is 9.76 Å². The van der Waals surface area contributed by atoms with Crippen molar-refractivity contribution in [3.05, 3.63) is 0 Å². The molecule has 0 aliphatic carbocycles. The minimum atomic E-state index is -0.204. The van der Waals surface area contributed by atoms with Crippen LogP contribution >= 0.6 is 0 Å². The fourth-order valence-corrected chi connectivity index (χ4v) is 4.35. The van der Waals surface area contributed by atoms with Crippen molar-refractivity contribution in [3.8, 4) is 0 Å². The molecule has 0 amide bonds. The first-order valence-electron chi connectivity index (χ1n) is 11.4. The van der Waals surface area contributed by atoms with E-state index in [2.05, 4.69) is 21.0 Å². The van der Waals surface area contributed by atoms with E-state index in [0.29, 0.717) is 0 Å². The highest BCUT2D eigenvalue weighted by Gasteiger charge is 2.13. The third-order valence-electron chi connectivity index (χ3n) is 5.48. The Balaban J connectivity index is 3.22. The van der Waals surface area contributed by atoms with Crippen LogP contribution in [0.15, 0.2) is 0 Å². The van der Waals surface area contributed by atoms with Gasteiger partial charge in [-0.05, 0) is 25.3 Å². The Bertz CT molecular complexity index is 258. The van der Waals surface area contributed by atoms with E-state index in [1.54, 1.807) is 0 Å². The van der Waals surface area contributed by atoms with Gasteiger partial charge >= 0.3 is 0 Å². The van der Waals surface area contributed by atoms with E-state index in [0.717, 1.165) is 0 Å². The summed E-state index contributed by atoms with van der Waals surface area (Å²) in [5.41, 5.74) is 0. The van der Waals surface area contributed by atoms with Crippen molar-refractivity contribution < 1.29 is 8.91 Å². The molecule has 0 heterocycles. The third-order valence-corrected chi connectivity index (χ3v) is 6.68. The van der Waals surface area contributed by atoms with Gasteiger partial charge in [0.05, 0.1) is 27.2 Å². The van der Waals surface area contributed by atoms with Gasteiger partial charge < -0.3 is 8.91 Å². The Morgan fingerprint density at radius 2 is 1.00 bits per heavy atom. The summed E-state index contributed by atoms with van der Waals surface area (Å²) in [4.78, 5) is 0. The minimum absolute atomic E-state index is 0.204. The molecule has 0 saturated heterocycles. The van der Waals surface area contributed by atoms with Gasteiger partial charge in [0, 0.05) is 7.11 Å². The molecule has 0 unspecified atom stereocenters. The van der Waals surface area contributed by atoms with Crippen molar-refractivity contribution in [3.63, 3.8) is 0 Å². The van der Waals surface area contributed by atoms with Crippen LogP contribution in [0.5, 0.6) is 0 Å². The molecule has 0 aromatic heterocycles. The Morgan fingerprint density at radius 1 is 0.600 bits per heavy atom. The quantitative estimate of drug-likeness (QED) is 0.143. The van der Waals surface area contributed by atoms with Gasteiger partial charge in [-0.15, -0.1) is 0 Å². The molecule has 3 heteroatoms. The Hall–Kier alpha value is 0.137. The maximum absolute atomic E-state index is 5.28. The van der Waals surface area contributed by atoms with Crippen LogP contribution in [0.4, 0.5) is 0 Å². The molecule has 2 nitrogen and oxygen atoms in total. The number of unbranched alkanes of at least 4 members (excludes halogenated alkanes) is 13. The second kappa shape index (κ2) is 18.9. The smallest absolute Gasteiger partial charge is 0.161 e. The Labute approximate surface area is 162 Å². The van der Waals surface area contributed by atoms with Gasteiger partial charge in [0.25, 0.3) is 0 Å². The zero-order chi connectivity index (χ0) is 18.6. The van der Waals surface area contributed by atoms with Crippen LogP contribution in [-0.4, -0.2) is 48.5 Å². The van der Waals surface area contributed by atoms with Crippen molar-refractivity contribution in [2.45, 2.75) is 109 Å². The lowest BCUT2D eigenvalue weighted by molar-refractivity contribution is -0.890. The monoisotopic (exact) mass is 372 g/mol. The molecule has 0 fully saturated rings. The van der Waals surface area contributed by atoms with Crippen LogP contribution in [0.1, 0.15) is 103 Å². The number of nitrogens with zero attached hydrogens (tertiary/aromatic N) is 1. The first-order valence-corrected chi connectivity index (χ1v) is 13.0. The van der Waals surface area contributed by atoms with Gasteiger partial charge in [-0.3, -0.25) is 0 Å². The Morgan fingerprint density at radius 3 is 1.44 bits per heavy atom. The third kappa shape index (κ3) is 20.3. The molecule has 0 rings (SSSR count). The van der Waals surface area contributed by atoms with Crippen molar-refractivity contribution in [2.24, 2.45) is 0 Å². The summed E-state index contributed by atoms with van der Waals surface area (Å²) < 4.78 is 6.48. The highest BCUT2D eigenvalue weighted by atomic mass is 28.2. The average molecular weight is 373 g/mol. The molecule has 25 heavy (non-hydrogen) atoms. The number of quaternary nitrogens is 1. The van der Waals surface area contributed by atoms with Crippen molar-refractivity contribution in [1.82, 2.24) is 0 Å². The van der Waals surface area contributed by atoms with E-state index >= 15 is 0 Å². The summed E-state index contributed by atoms with van der Waals surface area (Å²) in [7, 11) is 6.46. The molecular formula is C22H50NOSi+. The maximum Gasteiger partial charge on any atom is 0.161 e. The zero-order valence-corrected chi connectivity index (χ0v) is 19.7. The van der Waals surface area contributed by atoms with E-state index in [4.69, 9.17) is 4.43 Å². The molecule has 0 aromatic rings. The first kappa shape index (κ1) is 25.1. The van der Waals surface area contributed by atoms with Crippen LogP contribution < -0.4 is 0 Å². The van der Waals surface area contributed by atoms with Crippen LogP contribution in [0.3, 0.4) is 0 Å². The first-order chi connectivity index (χ1) is 12.1. The minimum Gasteiger partial charge on any atom is -0.427 e. The second-order valence-electron chi connectivity index (χ2n) is 8.68. The predicted octanol–water partition coefficient (Wildman–Crippen LogP) is 6.08. The standard InChI is InChI=1S/C22H50NOSi/c1-5-6-7-8-9-10-11-12-13-14-15-16-17-18-20-23(2,3)21-19-22-25-24-4/h5-22,25H2,1-4H3/q+1. The van der Waals surface area contributed by atoms with E-state index in [1.807, 2.05) is 7.11 Å². The normalized spacial score (nSPS) is 12.5. The van der Waals surface area contributed by atoms with Gasteiger partial charge in [0.2, 0.25) is 0 Å². The van der Waals surface area contributed by atoms with E-state index < -0.39 is 0 Å². The highest BCUT2D eigenvalue weighted by Crippen LogP contribution is 2.13. The SMILES string of the molecule is CCCCCCCCCCCCCCCC[N+](C)(C)CCC[SiH2]OC. The predicted molar refractivity (Wildman–Crippen MR) is 117 cm³/mol. The summed E-state index contributed by atoms with van der Waals surface area (Å²) in [6.45, 7) is 4.98. The van der Waals surface area contributed by atoms with Gasteiger partial charge in [-0.25, -0.2) is 0 Å². The van der Waals surface area contributed by atoms with Crippen LogP contribution in [-0.2, 0) is 4.43 Å². The van der Waals surface area contributed by atoms with Crippen molar-refractivity contribution in [1.29, 1.82) is 0 Å². The molecule has 0 bridgehead atoms. The van der Waals surface area contributed by atoms with Crippen LogP contribution in [0.25, 0.3) is 0 Å². The molecule has 0 N–H and O–H groups in total. The fourth-order valence-electron chi connectivity index (χ4n) is 3.63. The summed E-state index contributed by atoms with van der Waals surface area (Å²) in [5.74, 6) is 0. The number of rotatable bonds is 20. The van der Waals surface area contributed by atoms with Gasteiger partial charge in [-0.2, -0.15) is 0 Å². The molecule has 0 atom stereocenters. The molecular weight excluding hydrogens is 322 g/mol. The van der Waals surface area contributed by atoms with Crippen LogP contribution in [0, 0.1) is 0 Å². The summed E-state index contributed by atoms with van der Waals surface area (Å²) in [6, 6.07) is 1.34. The number of hydrogen-bond acceptors (Lipinski definition) is 1. The molecule has 0 spiro atoms. The molecule has 0 saturated carbocycles. The summed E-state index contributed by atoms with van der Waals surface area (Å²) in [6.07, 6.45) is 21.7. The number of hydrogen-bond donors (Lipinski definition) is 0.